The Bertz CT molecular complexity index is 3120. The van der Waals surface area contributed by atoms with E-state index in [9.17, 15) is 0 Å². The average Bonchev–Trinajstić information content (AvgIpc) is 3.79. The number of hydrogen-bond acceptors (Lipinski definition) is 3. The first kappa shape index (κ1) is 32.3. The molecular weight excluding hydrogens is 681 g/mol. The van der Waals surface area contributed by atoms with Crippen LogP contribution in [0.5, 0.6) is 0 Å². The number of para-hydroxylation sites is 1. The van der Waals surface area contributed by atoms with Crippen molar-refractivity contribution in [2.24, 2.45) is 0 Å². The van der Waals surface area contributed by atoms with Crippen molar-refractivity contribution in [2.45, 2.75) is 19.3 Å². The second-order valence-corrected chi connectivity index (χ2v) is 15.4. The lowest BCUT2D eigenvalue weighted by Gasteiger charge is -2.22. The number of furan rings is 1. The van der Waals surface area contributed by atoms with Gasteiger partial charge >= 0.3 is 0 Å². The molecule has 0 unspecified atom stereocenters. The van der Waals surface area contributed by atoms with E-state index in [2.05, 4.69) is 172 Å². The summed E-state index contributed by atoms with van der Waals surface area (Å²) in [5, 5.41) is 5.93. The van der Waals surface area contributed by atoms with Crippen LogP contribution < -0.4 is 0 Å². The standard InChI is InChI=1S/C53H36N2O/c1-53(2)45-21-12-20-43(51(45)44-29-36-15-6-7-16-37(36)30-46(44)53)48-32-47(54-52(55-48)35-13-4-3-5-14-35)42-28-27-39(40-18-9-10-19-41(40)42)33-23-25-34(26-24-33)50-31-38-17-8-11-22-49(38)56-50/h3-32H,1-2H3. The minimum absolute atomic E-state index is 0.154. The van der Waals surface area contributed by atoms with Gasteiger partial charge in [-0.2, -0.15) is 0 Å². The highest BCUT2D eigenvalue weighted by Gasteiger charge is 2.37. The minimum atomic E-state index is -0.154. The molecule has 3 heteroatoms. The number of aromatic nitrogens is 2. The Hall–Kier alpha value is -7.10. The number of rotatable bonds is 5. The Kier molecular flexibility index (Phi) is 7.20. The Labute approximate surface area is 325 Å². The molecule has 1 aliphatic rings. The quantitative estimate of drug-likeness (QED) is 0.178. The summed E-state index contributed by atoms with van der Waals surface area (Å²) in [6.07, 6.45) is 0. The van der Waals surface area contributed by atoms with Gasteiger partial charge in [-0.3, -0.25) is 0 Å². The largest absolute Gasteiger partial charge is 0.456 e. The summed E-state index contributed by atoms with van der Waals surface area (Å²) >= 11 is 0. The van der Waals surface area contributed by atoms with Crippen molar-refractivity contribution in [1.82, 2.24) is 9.97 Å². The first-order valence-corrected chi connectivity index (χ1v) is 19.2. The van der Waals surface area contributed by atoms with E-state index in [0.717, 1.165) is 61.3 Å². The molecule has 56 heavy (non-hydrogen) atoms. The van der Waals surface area contributed by atoms with E-state index >= 15 is 0 Å². The van der Waals surface area contributed by atoms with Crippen LogP contribution in [0.25, 0.3) is 100.0 Å². The van der Waals surface area contributed by atoms with Crippen LogP contribution in [-0.4, -0.2) is 9.97 Å². The second kappa shape index (κ2) is 12.5. The van der Waals surface area contributed by atoms with Crippen LogP contribution in [0.3, 0.4) is 0 Å². The molecule has 1 aliphatic carbocycles. The smallest absolute Gasteiger partial charge is 0.160 e. The topological polar surface area (TPSA) is 38.9 Å². The fourth-order valence-electron chi connectivity index (χ4n) is 8.84. The molecule has 0 atom stereocenters. The average molecular weight is 717 g/mol. The van der Waals surface area contributed by atoms with Crippen molar-refractivity contribution in [2.75, 3.05) is 0 Å². The monoisotopic (exact) mass is 716 g/mol. The summed E-state index contributed by atoms with van der Waals surface area (Å²) in [5.41, 5.74) is 14.3. The Morgan fingerprint density at radius 2 is 1.04 bits per heavy atom. The molecule has 264 valence electrons. The van der Waals surface area contributed by atoms with Gasteiger partial charge in [0.15, 0.2) is 5.82 Å². The molecule has 8 aromatic carbocycles. The third-order valence-corrected chi connectivity index (χ3v) is 11.7. The Morgan fingerprint density at radius 3 is 1.80 bits per heavy atom. The van der Waals surface area contributed by atoms with Crippen molar-refractivity contribution in [1.29, 1.82) is 0 Å². The Balaban J connectivity index is 1.07. The van der Waals surface area contributed by atoms with E-state index in [0.29, 0.717) is 5.82 Å². The summed E-state index contributed by atoms with van der Waals surface area (Å²) < 4.78 is 6.17. The van der Waals surface area contributed by atoms with E-state index in [1.807, 2.05) is 24.3 Å². The van der Waals surface area contributed by atoms with Gasteiger partial charge in [0, 0.05) is 33.1 Å². The molecule has 2 aromatic heterocycles. The van der Waals surface area contributed by atoms with Crippen molar-refractivity contribution in [3.05, 3.63) is 193 Å². The number of fused-ring (bicyclic) bond motifs is 6. The molecule has 0 saturated heterocycles. The van der Waals surface area contributed by atoms with Crippen molar-refractivity contribution in [3.8, 4) is 67.5 Å². The van der Waals surface area contributed by atoms with E-state index < -0.39 is 0 Å². The number of nitrogens with zero attached hydrogens (tertiary/aromatic N) is 2. The summed E-state index contributed by atoms with van der Waals surface area (Å²) in [7, 11) is 0. The zero-order valence-electron chi connectivity index (χ0n) is 31.1. The highest BCUT2D eigenvalue weighted by atomic mass is 16.3. The predicted molar refractivity (Wildman–Crippen MR) is 232 cm³/mol. The molecule has 0 amide bonds. The molecule has 0 N–H and O–H groups in total. The van der Waals surface area contributed by atoms with Crippen molar-refractivity contribution in [3.63, 3.8) is 0 Å². The molecule has 2 heterocycles. The van der Waals surface area contributed by atoms with Gasteiger partial charge < -0.3 is 4.42 Å². The highest BCUT2D eigenvalue weighted by Crippen LogP contribution is 2.53. The van der Waals surface area contributed by atoms with Crippen LogP contribution in [0.2, 0.25) is 0 Å². The molecule has 0 bridgehead atoms. The van der Waals surface area contributed by atoms with E-state index in [4.69, 9.17) is 14.4 Å². The molecule has 0 saturated carbocycles. The summed E-state index contributed by atoms with van der Waals surface area (Å²) in [4.78, 5) is 10.6. The van der Waals surface area contributed by atoms with Crippen LogP contribution in [0.1, 0.15) is 25.0 Å². The van der Waals surface area contributed by atoms with Gasteiger partial charge in [-0.15, -0.1) is 0 Å². The van der Waals surface area contributed by atoms with Crippen LogP contribution in [0, 0.1) is 0 Å². The minimum Gasteiger partial charge on any atom is -0.456 e. The van der Waals surface area contributed by atoms with E-state index in [1.54, 1.807) is 0 Å². The van der Waals surface area contributed by atoms with Crippen molar-refractivity contribution >= 4 is 32.5 Å². The first-order chi connectivity index (χ1) is 27.5. The third-order valence-electron chi connectivity index (χ3n) is 11.7. The van der Waals surface area contributed by atoms with Crippen LogP contribution >= 0.6 is 0 Å². The lowest BCUT2D eigenvalue weighted by atomic mass is 9.81. The molecule has 3 nitrogen and oxygen atoms in total. The molecule has 11 rings (SSSR count). The summed E-state index contributed by atoms with van der Waals surface area (Å²) in [5.74, 6) is 1.58. The molecule has 0 spiro atoms. The third kappa shape index (κ3) is 5.12. The van der Waals surface area contributed by atoms with Crippen LogP contribution in [0.15, 0.2) is 186 Å². The normalized spacial score (nSPS) is 13.0. The Morgan fingerprint density at radius 1 is 0.411 bits per heavy atom. The lowest BCUT2D eigenvalue weighted by molar-refractivity contribution is 0.631. The SMILES string of the molecule is CC1(C)c2cc3ccccc3cc2-c2c(-c3cc(-c4ccc(-c5ccc(-c6cc7ccccc7o6)cc5)c5ccccc45)nc(-c4ccccc4)n3)cccc21. The van der Waals surface area contributed by atoms with E-state index in [1.165, 1.54) is 44.0 Å². The number of hydrogen-bond donors (Lipinski definition) is 0. The van der Waals surface area contributed by atoms with Crippen LogP contribution in [0.4, 0.5) is 0 Å². The zero-order valence-corrected chi connectivity index (χ0v) is 31.1. The summed E-state index contributed by atoms with van der Waals surface area (Å²) in [6, 6.07) is 64.8. The second-order valence-electron chi connectivity index (χ2n) is 15.4. The van der Waals surface area contributed by atoms with Gasteiger partial charge in [-0.1, -0.05) is 166 Å². The van der Waals surface area contributed by atoms with Gasteiger partial charge in [-0.05, 0) is 85.3 Å². The maximum Gasteiger partial charge on any atom is 0.160 e. The maximum absolute atomic E-state index is 6.17. The van der Waals surface area contributed by atoms with Gasteiger partial charge in [0.1, 0.15) is 11.3 Å². The lowest BCUT2D eigenvalue weighted by Crippen LogP contribution is -2.14. The number of benzene rings is 8. The fourth-order valence-corrected chi connectivity index (χ4v) is 8.84. The summed E-state index contributed by atoms with van der Waals surface area (Å²) in [6.45, 7) is 4.69. The maximum atomic E-state index is 6.17. The molecule has 0 radical (unpaired) electrons. The molecular formula is C53H36N2O. The molecule has 10 aromatic rings. The van der Waals surface area contributed by atoms with Gasteiger partial charge in [-0.25, -0.2) is 9.97 Å². The van der Waals surface area contributed by atoms with E-state index in [-0.39, 0.29) is 5.41 Å². The van der Waals surface area contributed by atoms with Gasteiger partial charge in [0.25, 0.3) is 0 Å². The van der Waals surface area contributed by atoms with Gasteiger partial charge in [0.05, 0.1) is 11.4 Å². The predicted octanol–water partition coefficient (Wildman–Crippen LogP) is 14.2. The fraction of sp³-hybridized carbons (Fsp3) is 0.0566. The van der Waals surface area contributed by atoms with Gasteiger partial charge in [0.2, 0.25) is 0 Å². The molecule has 0 aliphatic heterocycles. The zero-order chi connectivity index (χ0) is 37.4. The highest BCUT2D eigenvalue weighted by molar-refractivity contribution is 6.05. The molecule has 0 fully saturated rings. The first-order valence-electron chi connectivity index (χ1n) is 19.2. The van der Waals surface area contributed by atoms with Crippen LogP contribution in [-0.2, 0) is 5.41 Å². The van der Waals surface area contributed by atoms with Crippen molar-refractivity contribution < 1.29 is 4.42 Å².